The first kappa shape index (κ1) is 24.4. The van der Waals surface area contributed by atoms with Crippen LogP contribution in [0.4, 0.5) is 19.0 Å². The minimum absolute atomic E-state index is 0. The Bertz CT molecular complexity index is 867. The molecule has 4 N–H and O–H groups in total. The monoisotopic (exact) mass is 433 g/mol. The Balaban J connectivity index is 0.00000420. The summed E-state index contributed by atoms with van der Waals surface area (Å²) >= 11 is 0. The molecule has 0 spiro atoms. The van der Waals surface area contributed by atoms with Crippen LogP contribution in [-0.4, -0.2) is 34.2 Å². The van der Waals surface area contributed by atoms with Crippen molar-refractivity contribution in [3.63, 3.8) is 0 Å². The number of halogens is 4. The number of rotatable bonds is 6. The number of alkyl halides is 3. The second-order valence-electron chi connectivity index (χ2n) is 6.63. The molecule has 1 aromatic heterocycles. The number of nitrogens with one attached hydrogen (secondary N) is 2. The Kier molecular flexibility index (Phi) is 8.22. The summed E-state index contributed by atoms with van der Waals surface area (Å²) in [4.78, 5) is 24.0. The van der Waals surface area contributed by atoms with Gasteiger partial charge in [-0.3, -0.25) is 9.59 Å². The van der Waals surface area contributed by atoms with Crippen molar-refractivity contribution in [1.29, 1.82) is 0 Å². The highest BCUT2D eigenvalue weighted by Crippen LogP contribution is 2.34. The molecule has 160 valence electrons. The smallest absolute Gasteiger partial charge is 0.346 e. The lowest BCUT2D eigenvalue weighted by Crippen LogP contribution is -2.46. The molecule has 0 unspecified atom stereocenters. The molecule has 2 rings (SSSR count). The van der Waals surface area contributed by atoms with Gasteiger partial charge in [0.1, 0.15) is 5.82 Å². The Labute approximate surface area is 172 Å². The maximum Gasteiger partial charge on any atom is 0.418 e. The third-order valence-corrected chi connectivity index (χ3v) is 3.98. The maximum atomic E-state index is 13.3. The van der Waals surface area contributed by atoms with Crippen molar-refractivity contribution in [1.82, 2.24) is 15.1 Å². The molecule has 1 aromatic carbocycles. The molecule has 0 aliphatic heterocycles. The van der Waals surface area contributed by atoms with Gasteiger partial charge in [0.25, 0.3) is 0 Å². The van der Waals surface area contributed by atoms with Gasteiger partial charge in [0.05, 0.1) is 29.5 Å². The standard InChI is InChI=1S/C18H22F3N5O2.ClH/c1-10(2)16(22)17(28)23-9-15(27)24-14-8-11(3)25-26(14)13-7-5-4-6-12(13)18(19,20)21;/h4-8,10,16H,9,22H2,1-3H3,(H,23,28)(H,24,27);1H/t16-;/m0./s1. The highest BCUT2D eigenvalue weighted by Gasteiger charge is 2.34. The summed E-state index contributed by atoms with van der Waals surface area (Å²) in [5, 5.41) is 8.92. The van der Waals surface area contributed by atoms with E-state index in [4.69, 9.17) is 5.73 Å². The van der Waals surface area contributed by atoms with Gasteiger partial charge in [-0.1, -0.05) is 26.0 Å². The third kappa shape index (κ3) is 6.20. The Morgan fingerprint density at radius 3 is 2.45 bits per heavy atom. The van der Waals surface area contributed by atoms with Gasteiger partial charge < -0.3 is 16.4 Å². The second-order valence-corrected chi connectivity index (χ2v) is 6.63. The molecule has 2 amide bonds. The van der Waals surface area contributed by atoms with Gasteiger partial charge in [-0.15, -0.1) is 12.4 Å². The van der Waals surface area contributed by atoms with Crippen LogP contribution in [0.3, 0.4) is 0 Å². The van der Waals surface area contributed by atoms with Gasteiger partial charge in [0.15, 0.2) is 0 Å². The number of aryl methyl sites for hydroxylation is 1. The summed E-state index contributed by atoms with van der Waals surface area (Å²) in [6.45, 7) is 4.75. The predicted molar refractivity (Wildman–Crippen MR) is 105 cm³/mol. The van der Waals surface area contributed by atoms with E-state index in [9.17, 15) is 22.8 Å². The number of carbonyl (C=O) groups is 2. The number of nitrogens with two attached hydrogens (primary N) is 1. The molecule has 0 radical (unpaired) electrons. The predicted octanol–water partition coefficient (Wildman–Crippen LogP) is 2.66. The highest BCUT2D eigenvalue weighted by atomic mass is 35.5. The summed E-state index contributed by atoms with van der Waals surface area (Å²) in [6.07, 6.45) is -4.58. The van der Waals surface area contributed by atoms with Crippen LogP contribution in [0.2, 0.25) is 0 Å². The van der Waals surface area contributed by atoms with Crippen LogP contribution in [0.5, 0.6) is 0 Å². The first-order valence-corrected chi connectivity index (χ1v) is 8.57. The average Bonchev–Trinajstić information content (AvgIpc) is 2.98. The lowest BCUT2D eigenvalue weighted by Gasteiger charge is -2.16. The van der Waals surface area contributed by atoms with Crippen molar-refractivity contribution < 1.29 is 22.8 Å². The fourth-order valence-electron chi connectivity index (χ4n) is 2.45. The van der Waals surface area contributed by atoms with Gasteiger partial charge in [-0.25, -0.2) is 4.68 Å². The summed E-state index contributed by atoms with van der Waals surface area (Å²) in [5.41, 5.74) is 5.01. The molecule has 0 fully saturated rings. The molecule has 11 heteroatoms. The van der Waals surface area contributed by atoms with Crippen molar-refractivity contribution in [2.75, 3.05) is 11.9 Å². The number of nitrogens with zero attached hydrogens (tertiary/aromatic N) is 2. The van der Waals surface area contributed by atoms with Crippen molar-refractivity contribution in [2.24, 2.45) is 11.7 Å². The Morgan fingerprint density at radius 2 is 1.86 bits per heavy atom. The van der Waals surface area contributed by atoms with E-state index in [0.29, 0.717) is 5.69 Å². The quantitative estimate of drug-likeness (QED) is 0.651. The number of amides is 2. The van der Waals surface area contributed by atoms with Gasteiger partial charge >= 0.3 is 6.18 Å². The zero-order valence-electron chi connectivity index (χ0n) is 16.1. The van der Waals surface area contributed by atoms with Crippen LogP contribution in [0.15, 0.2) is 30.3 Å². The van der Waals surface area contributed by atoms with E-state index < -0.39 is 29.6 Å². The molecule has 7 nitrogen and oxygen atoms in total. The average molecular weight is 434 g/mol. The summed E-state index contributed by atoms with van der Waals surface area (Å²) < 4.78 is 40.9. The van der Waals surface area contributed by atoms with E-state index in [1.54, 1.807) is 20.8 Å². The van der Waals surface area contributed by atoms with Crippen molar-refractivity contribution in [3.05, 3.63) is 41.6 Å². The van der Waals surface area contributed by atoms with E-state index in [1.165, 1.54) is 24.3 Å². The number of hydrogen-bond acceptors (Lipinski definition) is 4. The fraction of sp³-hybridized carbons (Fsp3) is 0.389. The van der Waals surface area contributed by atoms with Crippen LogP contribution in [0, 0.1) is 12.8 Å². The van der Waals surface area contributed by atoms with E-state index >= 15 is 0 Å². The largest absolute Gasteiger partial charge is 0.418 e. The molecule has 2 aromatic rings. The van der Waals surface area contributed by atoms with Crippen LogP contribution in [0.25, 0.3) is 5.69 Å². The summed E-state index contributed by atoms with van der Waals surface area (Å²) in [6, 6.07) is 5.58. The summed E-state index contributed by atoms with van der Waals surface area (Å²) in [7, 11) is 0. The van der Waals surface area contributed by atoms with E-state index in [0.717, 1.165) is 10.7 Å². The number of benzene rings is 1. The molecule has 1 heterocycles. The minimum Gasteiger partial charge on any atom is -0.346 e. The molecule has 0 saturated heterocycles. The lowest BCUT2D eigenvalue weighted by atomic mass is 10.1. The molecule has 0 aliphatic rings. The van der Waals surface area contributed by atoms with Crippen molar-refractivity contribution in [3.8, 4) is 5.69 Å². The molecule has 29 heavy (non-hydrogen) atoms. The van der Waals surface area contributed by atoms with Crippen LogP contribution >= 0.6 is 12.4 Å². The Hall–Kier alpha value is -2.59. The number of para-hydroxylation sites is 1. The molecule has 0 aliphatic carbocycles. The summed E-state index contributed by atoms with van der Waals surface area (Å²) in [5.74, 6) is -1.15. The van der Waals surface area contributed by atoms with Gasteiger partial charge in [0, 0.05) is 6.07 Å². The molecule has 0 saturated carbocycles. The number of carbonyl (C=O) groups excluding carboxylic acids is 2. The van der Waals surface area contributed by atoms with Crippen molar-refractivity contribution >= 4 is 30.0 Å². The first-order chi connectivity index (χ1) is 13.0. The molecular formula is C18H23ClF3N5O2. The van der Waals surface area contributed by atoms with E-state index in [1.807, 2.05) is 0 Å². The molecule has 1 atom stereocenters. The number of aromatic nitrogens is 2. The van der Waals surface area contributed by atoms with E-state index in [2.05, 4.69) is 15.7 Å². The topological polar surface area (TPSA) is 102 Å². The maximum absolute atomic E-state index is 13.3. The second kappa shape index (κ2) is 9.75. The zero-order valence-corrected chi connectivity index (χ0v) is 16.9. The number of hydrogen-bond donors (Lipinski definition) is 3. The zero-order chi connectivity index (χ0) is 21.1. The Morgan fingerprint density at radius 1 is 1.24 bits per heavy atom. The van der Waals surface area contributed by atoms with Crippen molar-refractivity contribution in [2.45, 2.75) is 33.0 Å². The van der Waals surface area contributed by atoms with Crippen LogP contribution in [-0.2, 0) is 15.8 Å². The number of anilines is 1. The minimum atomic E-state index is -4.58. The highest BCUT2D eigenvalue weighted by molar-refractivity contribution is 5.95. The lowest BCUT2D eigenvalue weighted by molar-refractivity contribution is -0.137. The van der Waals surface area contributed by atoms with Crippen LogP contribution in [0.1, 0.15) is 25.1 Å². The normalized spacial score (nSPS) is 12.3. The SMILES string of the molecule is Cc1cc(NC(=O)CNC(=O)[C@@H](N)C(C)C)n(-c2ccccc2C(F)(F)F)n1.Cl. The molecule has 0 bridgehead atoms. The van der Waals surface area contributed by atoms with Crippen LogP contribution < -0.4 is 16.4 Å². The third-order valence-electron chi connectivity index (χ3n) is 3.98. The molecular weight excluding hydrogens is 411 g/mol. The van der Waals surface area contributed by atoms with E-state index in [-0.39, 0.29) is 36.4 Å². The first-order valence-electron chi connectivity index (χ1n) is 8.57. The van der Waals surface area contributed by atoms with Gasteiger partial charge in [0.2, 0.25) is 11.8 Å². The van der Waals surface area contributed by atoms with Gasteiger partial charge in [-0.05, 0) is 25.0 Å². The fourth-order valence-corrected chi connectivity index (χ4v) is 2.45. The van der Waals surface area contributed by atoms with Gasteiger partial charge in [-0.2, -0.15) is 18.3 Å².